The number of rotatable bonds is 23. The molecule has 0 amide bonds. The summed E-state index contributed by atoms with van der Waals surface area (Å²) in [5, 5.41) is 20.8. The summed E-state index contributed by atoms with van der Waals surface area (Å²) in [6, 6.07) is 22.6. The van der Waals surface area contributed by atoms with E-state index in [2.05, 4.69) is 103 Å². The van der Waals surface area contributed by atoms with Gasteiger partial charge in [-0.2, -0.15) is 0 Å². The largest absolute Gasteiger partial charge is 0.504 e. The van der Waals surface area contributed by atoms with Gasteiger partial charge in [-0.1, -0.05) is 162 Å². The Bertz CT molecular complexity index is 1930. The number of phenolic OH excluding ortho intramolecular Hbond substituents is 2. The smallest absolute Gasteiger partial charge is 0.165 e. The minimum absolute atomic E-state index is 0. The standard InChI is InChI=1S/C41H62N2.C13H14O2.Pd/c1-7-13-15-16-17-18-19-20-21-22-23-24-25-27-41(43-39-31-29-35(10-4)37(12-6)33-39)40(26-14-8-2)42-38-30-28-34(9-3)36(11-5)32-38;1-2-3-9-4-5-10-6-7-12(14)13(15)11(10)8-9;/h28-33H,7-24,26H2,1-6H3;4-8,14-15H,2-3H2,1H3;. The van der Waals surface area contributed by atoms with E-state index in [0.717, 1.165) is 97.8 Å². The van der Waals surface area contributed by atoms with Crippen molar-refractivity contribution in [2.24, 2.45) is 9.98 Å². The van der Waals surface area contributed by atoms with Crippen LogP contribution in [-0.2, 0) is 52.5 Å². The summed E-state index contributed by atoms with van der Waals surface area (Å²) >= 11 is 0. The van der Waals surface area contributed by atoms with Gasteiger partial charge in [-0.15, -0.1) is 0 Å². The maximum atomic E-state index is 9.70. The number of aliphatic imine (C=N–C) groups is 2. The number of aromatic hydroxyl groups is 2. The molecule has 0 spiro atoms. The van der Waals surface area contributed by atoms with E-state index in [9.17, 15) is 10.2 Å². The van der Waals surface area contributed by atoms with E-state index in [1.807, 2.05) is 12.1 Å². The Morgan fingerprint density at radius 2 is 1.05 bits per heavy atom. The van der Waals surface area contributed by atoms with Crippen molar-refractivity contribution >= 4 is 33.6 Å². The minimum atomic E-state index is -0.0591. The summed E-state index contributed by atoms with van der Waals surface area (Å²) in [5.74, 6) is 6.95. The molecule has 0 aliphatic heterocycles. The summed E-state index contributed by atoms with van der Waals surface area (Å²) in [6.45, 7) is 15.6. The molecule has 5 heteroatoms. The second-order valence-corrected chi connectivity index (χ2v) is 15.8. The van der Waals surface area contributed by atoms with Crippen molar-refractivity contribution in [3.05, 3.63) is 94.5 Å². The summed E-state index contributed by atoms with van der Waals surface area (Å²) in [5.41, 5.74) is 10.7. The molecule has 0 bridgehead atoms. The van der Waals surface area contributed by atoms with Gasteiger partial charge in [0.25, 0.3) is 0 Å². The molecule has 0 aromatic heterocycles. The number of nitrogens with zero attached hydrogens (tertiary/aromatic N) is 2. The van der Waals surface area contributed by atoms with E-state index in [1.165, 1.54) is 105 Å². The van der Waals surface area contributed by atoms with Crippen LogP contribution in [0.5, 0.6) is 11.5 Å². The molecule has 0 heterocycles. The van der Waals surface area contributed by atoms with Gasteiger partial charge in [-0.05, 0) is 127 Å². The Morgan fingerprint density at radius 3 is 1.59 bits per heavy atom. The van der Waals surface area contributed by atoms with Crippen molar-refractivity contribution in [3.8, 4) is 23.3 Å². The van der Waals surface area contributed by atoms with Gasteiger partial charge in [0, 0.05) is 32.2 Å². The predicted octanol–water partition coefficient (Wildman–Crippen LogP) is 15.9. The minimum Gasteiger partial charge on any atom is -0.504 e. The van der Waals surface area contributed by atoms with E-state index in [4.69, 9.17) is 9.98 Å². The molecule has 0 aliphatic carbocycles. The average Bonchev–Trinajstić information content (AvgIpc) is 3.25. The fourth-order valence-corrected chi connectivity index (χ4v) is 7.54. The van der Waals surface area contributed by atoms with Crippen LogP contribution in [0.2, 0.25) is 0 Å². The second kappa shape index (κ2) is 30.3. The third kappa shape index (κ3) is 18.2. The van der Waals surface area contributed by atoms with Gasteiger partial charge in [0.15, 0.2) is 11.5 Å². The van der Waals surface area contributed by atoms with Crippen molar-refractivity contribution in [3.63, 3.8) is 0 Å². The molecule has 4 rings (SSSR count). The predicted molar refractivity (Wildman–Crippen MR) is 254 cm³/mol. The van der Waals surface area contributed by atoms with Gasteiger partial charge in [0.1, 0.15) is 5.71 Å². The maximum Gasteiger partial charge on any atom is 0.165 e. The van der Waals surface area contributed by atoms with Crippen LogP contribution in [-0.4, -0.2) is 21.6 Å². The molecule has 4 aromatic rings. The molecule has 4 nitrogen and oxygen atoms in total. The molecule has 4 aromatic carbocycles. The number of hydrogen-bond donors (Lipinski definition) is 2. The topological polar surface area (TPSA) is 65.2 Å². The van der Waals surface area contributed by atoms with E-state index < -0.39 is 0 Å². The van der Waals surface area contributed by atoms with Crippen LogP contribution in [0.4, 0.5) is 11.4 Å². The van der Waals surface area contributed by atoms with Crippen molar-refractivity contribution in [2.75, 3.05) is 0 Å². The molecule has 0 unspecified atom stereocenters. The Labute approximate surface area is 373 Å². The fraction of sp³-hybridized carbons (Fsp3) is 0.519. The molecule has 324 valence electrons. The van der Waals surface area contributed by atoms with Gasteiger partial charge >= 0.3 is 0 Å². The molecule has 2 N–H and O–H groups in total. The molecule has 0 aliphatic rings. The average molecular weight is 892 g/mol. The van der Waals surface area contributed by atoms with Crippen molar-refractivity contribution in [2.45, 2.75) is 183 Å². The van der Waals surface area contributed by atoms with Crippen LogP contribution >= 0.6 is 0 Å². The second-order valence-electron chi connectivity index (χ2n) is 15.8. The summed E-state index contributed by atoms with van der Waals surface area (Å²) in [6.07, 6.45) is 25.2. The first-order valence-electron chi connectivity index (χ1n) is 23.1. The number of phenols is 2. The molecule has 59 heavy (non-hydrogen) atoms. The summed E-state index contributed by atoms with van der Waals surface area (Å²) in [7, 11) is 0. The molecular formula is C54H76N2O2Pd. The molecule has 0 radical (unpaired) electrons. The van der Waals surface area contributed by atoms with Gasteiger partial charge in [-0.25, -0.2) is 4.99 Å². The zero-order valence-corrected chi connectivity index (χ0v) is 39.4. The molecule has 0 fully saturated rings. The van der Waals surface area contributed by atoms with Crippen LogP contribution in [0.1, 0.15) is 179 Å². The summed E-state index contributed by atoms with van der Waals surface area (Å²) in [4.78, 5) is 10.4. The van der Waals surface area contributed by atoms with Crippen LogP contribution in [0.15, 0.2) is 76.7 Å². The molecule has 0 saturated carbocycles. The number of benzene rings is 4. The Hall–Kier alpha value is -3.70. The van der Waals surface area contributed by atoms with Crippen LogP contribution in [0.3, 0.4) is 0 Å². The van der Waals surface area contributed by atoms with Crippen molar-refractivity contribution < 1.29 is 30.6 Å². The number of aryl methyl sites for hydroxylation is 5. The van der Waals surface area contributed by atoms with E-state index in [-0.39, 0.29) is 31.9 Å². The first kappa shape index (κ1) is 51.4. The SMILES string of the molecule is CCCCCCCCCCCCCC#CC(=Nc1ccc(CC)c(CC)c1)C(CCCC)=Nc1ccc(CC)c(CC)c1.CCCc1ccc2ccc(O)c(O)c2c1.[Pd]. The normalized spacial score (nSPS) is 11.4. The molecular weight excluding hydrogens is 815 g/mol. The Morgan fingerprint density at radius 1 is 0.525 bits per heavy atom. The van der Waals surface area contributed by atoms with Crippen molar-refractivity contribution in [1.29, 1.82) is 0 Å². The first-order valence-corrected chi connectivity index (χ1v) is 23.1. The van der Waals surface area contributed by atoms with Gasteiger partial charge < -0.3 is 10.2 Å². The third-order valence-electron chi connectivity index (χ3n) is 11.1. The van der Waals surface area contributed by atoms with E-state index in [1.54, 1.807) is 6.07 Å². The van der Waals surface area contributed by atoms with Gasteiger partial charge in [0.2, 0.25) is 0 Å². The molecule has 0 saturated heterocycles. The van der Waals surface area contributed by atoms with Crippen LogP contribution in [0.25, 0.3) is 10.8 Å². The maximum absolute atomic E-state index is 9.70. The zero-order valence-electron chi connectivity index (χ0n) is 37.8. The van der Waals surface area contributed by atoms with Crippen molar-refractivity contribution in [1.82, 2.24) is 0 Å². The zero-order chi connectivity index (χ0) is 42.0. The van der Waals surface area contributed by atoms with E-state index >= 15 is 0 Å². The first-order chi connectivity index (χ1) is 28.3. The Kier molecular flexibility index (Phi) is 26.5. The van der Waals surface area contributed by atoms with E-state index in [0.29, 0.717) is 0 Å². The number of unbranched alkanes of at least 4 members (excludes halogenated alkanes) is 12. The third-order valence-corrected chi connectivity index (χ3v) is 11.1. The quantitative estimate of drug-likeness (QED) is 0.0256. The van der Waals surface area contributed by atoms with Crippen LogP contribution < -0.4 is 0 Å². The summed E-state index contributed by atoms with van der Waals surface area (Å²) < 4.78 is 0. The number of hydrogen-bond acceptors (Lipinski definition) is 4. The van der Waals surface area contributed by atoms with Crippen LogP contribution in [0, 0.1) is 11.8 Å². The monoisotopic (exact) mass is 890 g/mol. The fourth-order valence-electron chi connectivity index (χ4n) is 7.54. The molecule has 0 atom stereocenters. The number of fused-ring (bicyclic) bond motifs is 1. The van der Waals surface area contributed by atoms with Gasteiger partial charge in [-0.3, -0.25) is 4.99 Å². The Balaban J connectivity index is 0.000000623. The van der Waals surface area contributed by atoms with Gasteiger partial charge in [0.05, 0.1) is 17.1 Å².